The van der Waals surface area contributed by atoms with Crippen LogP contribution < -0.4 is 11.1 Å². The molecule has 16 heavy (non-hydrogen) atoms. The van der Waals surface area contributed by atoms with Crippen LogP contribution in [0.2, 0.25) is 0 Å². The maximum Gasteiger partial charge on any atom is 0.134 e. The Hall–Kier alpha value is -1.36. The molecular weight excluding hydrogens is 204 g/mol. The highest BCUT2D eigenvalue weighted by Crippen LogP contribution is 2.32. The van der Waals surface area contributed by atoms with Crippen molar-refractivity contribution in [3.8, 4) is 0 Å². The second kappa shape index (κ2) is 4.25. The van der Waals surface area contributed by atoms with Gasteiger partial charge in [-0.15, -0.1) is 0 Å². The van der Waals surface area contributed by atoms with Gasteiger partial charge in [0, 0.05) is 12.1 Å². The van der Waals surface area contributed by atoms with Crippen LogP contribution in [0.4, 0.5) is 11.6 Å². The highest BCUT2D eigenvalue weighted by Gasteiger charge is 2.29. The zero-order chi connectivity index (χ0) is 11.7. The van der Waals surface area contributed by atoms with E-state index in [1.165, 1.54) is 0 Å². The van der Waals surface area contributed by atoms with Gasteiger partial charge in [-0.1, -0.05) is 0 Å². The van der Waals surface area contributed by atoms with Gasteiger partial charge in [0.05, 0.1) is 6.10 Å². The number of aryl methyl sites for hydroxylation is 1. The van der Waals surface area contributed by atoms with Gasteiger partial charge < -0.3 is 16.2 Å². The Morgan fingerprint density at radius 1 is 1.44 bits per heavy atom. The van der Waals surface area contributed by atoms with Crippen molar-refractivity contribution in [1.29, 1.82) is 0 Å². The molecule has 1 aromatic rings. The molecule has 0 saturated heterocycles. The quantitative estimate of drug-likeness (QED) is 0.703. The Bertz CT molecular complexity index is 390. The van der Waals surface area contributed by atoms with Crippen molar-refractivity contribution in [2.24, 2.45) is 5.92 Å². The molecule has 1 aliphatic rings. The predicted molar refractivity (Wildman–Crippen MR) is 63.1 cm³/mol. The molecule has 5 nitrogen and oxygen atoms in total. The fourth-order valence-corrected chi connectivity index (χ4v) is 1.67. The van der Waals surface area contributed by atoms with Crippen molar-refractivity contribution in [2.45, 2.75) is 32.8 Å². The molecule has 1 unspecified atom stereocenters. The molecule has 4 N–H and O–H groups in total. The average molecular weight is 222 g/mol. The first kappa shape index (κ1) is 11.1. The van der Waals surface area contributed by atoms with Crippen molar-refractivity contribution in [3.63, 3.8) is 0 Å². The van der Waals surface area contributed by atoms with Crippen LogP contribution in [0.15, 0.2) is 0 Å². The van der Waals surface area contributed by atoms with E-state index in [9.17, 15) is 5.11 Å². The van der Waals surface area contributed by atoms with Crippen molar-refractivity contribution in [2.75, 3.05) is 17.6 Å². The molecule has 1 fully saturated rings. The van der Waals surface area contributed by atoms with Crippen LogP contribution in [-0.2, 0) is 0 Å². The highest BCUT2D eigenvalue weighted by atomic mass is 16.3. The Morgan fingerprint density at radius 3 is 2.75 bits per heavy atom. The van der Waals surface area contributed by atoms with Crippen LogP contribution in [0.3, 0.4) is 0 Å². The van der Waals surface area contributed by atoms with Crippen molar-refractivity contribution >= 4 is 11.6 Å². The average Bonchev–Trinajstić information content (AvgIpc) is 3.04. The number of rotatable bonds is 4. The van der Waals surface area contributed by atoms with E-state index in [4.69, 9.17) is 5.73 Å². The third-order valence-electron chi connectivity index (χ3n) is 2.94. The summed E-state index contributed by atoms with van der Waals surface area (Å²) in [5.74, 6) is 2.33. The fourth-order valence-electron chi connectivity index (χ4n) is 1.67. The standard InChI is InChI=1S/C11H18N4O/c1-6-10(12)14-7(2)15-11(6)13-5-9(16)8-3-4-8/h8-9,16H,3-5H2,1-2H3,(H3,12,13,14,15). The number of aliphatic hydroxyl groups excluding tert-OH is 1. The van der Waals surface area contributed by atoms with Gasteiger partial charge in [0.15, 0.2) is 0 Å². The first-order valence-electron chi connectivity index (χ1n) is 5.60. The minimum Gasteiger partial charge on any atom is -0.391 e. The second-order valence-corrected chi connectivity index (χ2v) is 4.42. The molecule has 5 heteroatoms. The third kappa shape index (κ3) is 2.41. The van der Waals surface area contributed by atoms with Gasteiger partial charge >= 0.3 is 0 Å². The minimum atomic E-state index is -0.282. The second-order valence-electron chi connectivity index (χ2n) is 4.42. The lowest BCUT2D eigenvalue weighted by Crippen LogP contribution is -2.22. The van der Waals surface area contributed by atoms with Crippen LogP contribution in [0.25, 0.3) is 0 Å². The number of anilines is 2. The lowest BCUT2D eigenvalue weighted by atomic mass is 10.2. The normalized spacial score (nSPS) is 17.2. The van der Waals surface area contributed by atoms with E-state index in [-0.39, 0.29) is 6.10 Å². The molecule has 1 saturated carbocycles. The van der Waals surface area contributed by atoms with Crippen molar-refractivity contribution in [1.82, 2.24) is 9.97 Å². The van der Waals surface area contributed by atoms with E-state index >= 15 is 0 Å². The number of aliphatic hydroxyl groups is 1. The first-order chi connectivity index (χ1) is 7.58. The van der Waals surface area contributed by atoms with E-state index in [1.807, 2.05) is 6.92 Å². The third-order valence-corrected chi connectivity index (χ3v) is 2.94. The molecule has 2 rings (SSSR count). The molecule has 1 heterocycles. The lowest BCUT2D eigenvalue weighted by Gasteiger charge is -2.14. The van der Waals surface area contributed by atoms with Gasteiger partial charge in [0.2, 0.25) is 0 Å². The summed E-state index contributed by atoms with van der Waals surface area (Å²) >= 11 is 0. The summed E-state index contributed by atoms with van der Waals surface area (Å²) in [5, 5.41) is 12.9. The molecule has 88 valence electrons. The van der Waals surface area contributed by atoms with Gasteiger partial charge in [0.1, 0.15) is 17.5 Å². The van der Waals surface area contributed by atoms with Crippen molar-refractivity contribution < 1.29 is 5.11 Å². The summed E-state index contributed by atoms with van der Waals surface area (Å²) < 4.78 is 0. The van der Waals surface area contributed by atoms with Crippen LogP contribution in [0.5, 0.6) is 0 Å². The number of nitrogens with two attached hydrogens (primary N) is 1. The fraction of sp³-hybridized carbons (Fsp3) is 0.636. The summed E-state index contributed by atoms with van der Waals surface area (Å²) in [5.41, 5.74) is 6.59. The molecule has 0 amide bonds. The summed E-state index contributed by atoms with van der Waals surface area (Å²) in [6, 6.07) is 0. The Balaban J connectivity index is 2.02. The SMILES string of the molecule is Cc1nc(N)c(C)c(NCC(O)C2CC2)n1. The largest absolute Gasteiger partial charge is 0.391 e. The monoisotopic (exact) mass is 222 g/mol. The number of nitrogens with one attached hydrogen (secondary N) is 1. The Morgan fingerprint density at radius 2 is 2.12 bits per heavy atom. The van der Waals surface area contributed by atoms with Gasteiger partial charge in [-0.25, -0.2) is 9.97 Å². The Kier molecular flexibility index (Phi) is 2.96. The van der Waals surface area contributed by atoms with Crippen molar-refractivity contribution in [3.05, 3.63) is 11.4 Å². The molecular formula is C11H18N4O. The Labute approximate surface area is 95.1 Å². The molecule has 0 bridgehead atoms. The molecule has 1 aromatic heterocycles. The highest BCUT2D eigenvalue weighted by molar-refractivity contribution is 5.54. The summed E-state index contributed by atoms with van der Waals surface area (Å²) in [4.78, 5) is 8.34. The number of aromatic nitrogens is 2. The van der Waals surface area contributed by atoms with Crippen LogP contribution in [0.1, 0.15) is 24.2 Å². The summed E-state index contributed by atoms with van der Waals surface area (Å²) in [6.07, 6.45) is 1.98. The maximum atomic E-state index is 9.74. The zero-order valence-corrected chi connectivity index (χ0v) is 9.70. The summed E-state index contributed by atoms with van der Waals surface area (Å²) in [7, 11) is 0. The lowest BCUT2D eigenvalue weighted by molar-refractivity contribution is 0.164. The number of hydrogen-bond donors (Lipinski definition) is 3. The van der Waals surface area contributed by atoms with Crippen LogP contribution in [0, 0.1) is 19.8 Å². The minimum absolute atomic E-state index is 0.282. The molecule has 0 spiro atoms. The molecule has 0 radical (unpaired) electrons. The first-order valence-corrected chi connectivity index (χ1v) is 5.60. The topological polar surface area (TPSA) is 84.1 Å². The molecule has 1 aliphatic carbocycles. The number of nitrogen functional groups attached to an aromatic ring is 1. The molecule has 0 aromatic carbocycles. The predicted octanol–water partition coefficient (Wildman–Crippen LogP) is 0.858. The van der Waals surface area contributed by atoms with Gasteiger partial charge in [-0.2, -0.15) is 0 Å². The van der Waals surface area contributed by atoms with E-state index in [1.54, 1.807) is 6.92 Å². The molecule has 0 aliphatic heterocycles. The van der Waals surface area contributed by atoms with Crippen LogP contribution >= 0.6 is 0 Å². The maximum absolute atomic E-state index is 9.74. The smallest absolute Gasteiger partial charge is 0.134 e. The number of nitrogens with zero attached hydrogens (tertiary/aromatic N) is 2. The molecule has 1 atom stereocenters. The van der Waals surface area contributed by atoms with Gasteiger partial charge in [-0.3, -0.25) is 0 Å². The summed E-state index contributed by atoms with van der Waals surface area (Å²) in [6.45, 7) is 4.21. The van der Waals surface area contributed by atoms with Crippen LogP contribution in [-0.4, -0.2) is 27.7 Å². The van der Waals surface area contributed by atoms with Gasteiger partial charge in [-0.05, 0) is 32.6 Å². The van der Waals surface area contributed by atoms with E-state index in [0.717, 1.165) is 24.2 Å². The number of hydrogen-bond acceptors (Lipinski definition) is 5. The van der Waals surface area contributed by atoms with Gasteiger partial charge in [0.25, 0.3) is 0 Å². The van der Waals surface area contributed by atoms with E-state index < -0.39 is 0 Å². The van der Waals surface area contributed by atoms with E-state index in [0.29, 0.717) is 24.1 Å². The van der Waals surface area contributed by atoms with E-state index in [2.05, 4.69) is 15.3 Å². The zero-order valence-electron chi connectivity index (χ0n) is 9.70.